The van der Waals surface area contributed by atoms with E-state index < -0.39 is 4.92 Å². The van der Waals surface area contributed by atoms with Gasteiger partial charge < -0.3 is 10.2 Å². The van der Waals surface area contributed by atoms with Crippen molar-refractivity contribution in [1.29, 1.82) is 0 Å². The minimum atomic E-state index is -0.532. The number of hydrogen-bond donors (Lipinski definition) is 1. The Morgan fingerprint density at radius 1 is 1.23 bits per heavy atom. The molecular weight excluding hydrogens is 408 g/mol. The third kappa shape index (κ3) is 5.29. The lowest BCUT2D eigenvalue weighted by atomic mass is 9.92. The molecule has 30 heavy (non-hydrogen) atoms. The summed E-state index contributed by atoms with van der Waals surface area (Å²) in [4.78, 5) is 39.9. The molecule has 2 unspecified atom stereocenters. The molecule has 0 radical (unpaired) electrons. The highest BCUT2D eigenvalue weighted by molar-refractivity contribution is 6.34. The molecule has 3 rings (SSSR count). The molecule has 2 atom stereocenters. The molecule has 2 aliphatic heterocycles. The third-order valence-corrected chi connectivity index (χ3v) is 6.51. The van der Waals surface area contributed by atoms with Gasteiger partial charge in [-0.25, -0.2) is 0 Å². The van der Waals surface area contributed by atoms with E-state index >= 15 is 0 Å². The summed E-state index contributed by atoms with van der Waals surface area (Å²) in [6, 6.07) is 3.59. The van der Waals surface area contributed by atoms with Crippen LogP contribution >= 0.6 is 11.6 Å². The Kier molecular flexibility index (Phi) is 7.31. The van der Waals surface area contributed by atoms with Gasteiger partial charge in [-0.05, 0) is 57.7 Å². The van der Waals surface area contributed by atoms with Crippen LogP contribution in [-0.2, 0) is 9.59 Å². The minimum Gasteiger partial charge on any atom is -0.342 e. The highest BCUT2D eigenvalue weighted by Gasteiger charge is 2.33. The molecule has 2 saturated heterocycles. The maximum Gasteiger partial charge on any atom is 0.271 e. The Bertz CT molecular complexity index is 810. The number of nitro groups is 1. The van der Waals surface area contributed by atoms with Gasteiger partial charge in [0, 0.05) is 31.1 Å². The fourth-order valence-corrected chi connectivity index (χ4v) is 4.53. The summed E-state index contributed by atoms with van der Waals surface area (Å²) in [5.74, 6) is 0.639. The molecule has 0 aromatic heterocycles. The van der Waals surface area contributed by atoms with E-state index in [1.807, 2.05) is 11.8 Å². The monoisotopic (exact) mass is 436 g/mol. The fourth-order valence-electron chi connectivity index (χ4n) is 4.30. The largest absolute Gasteiger partial charge is 0.342 e. The van der Waals surface area contributed by atoms with Crippen LogP contribution in [0.2, 0.25) is 5.02 Å². The summed E-state index contributed by atoms with van der Waals surface area (Å²) >= 11 is 6.07. The van der Waals surface area contributed by atoms with Crippen molar-refractivity contribution in [1.82, 2.24) is 9.80 Å². The normalized spacial score (nSPS) is 21.8. The van der Waals surface area contributed by atoms with Crippen molar-refractivity contribution in [3.8, 4) is 0 Å². The molecule has 2 amide bonds. The molecule has 164 valence electrons. The van der Waals surface area contributed by atoms with Gasteiger partial charge in [-0.3, -0.25) is 24.6 Å². The lowest BCUT2D eigenvalue weighted by Gasteiger charge is -2.38. The Morgan fingerprint density at radius 3 is 2.53 bits per heavy atom. The van der Waals surface area contributed by atoms with Crippen molar-refractivity contribution in [2.75, 3.05) is 31.5 Å². The summed E-state index contributed by atoms with van der Waals surface area (Å²) in [5, 5.41) is 13.7. The first-order chi connectivity index (χ1) is 14.3. The number of hydrogen-bond acceptors (Lipinski definition) is 5. The zero-order valence-corrected chi connectivity index (χ0v) is 18.2. The van der Waals surface area contributed by atoms with Gasteiger partial charge in [0.1, 0.15) is 0 Å². The summed E-state index contributed by atoms with van der Waals surface area (Å²) in [5.41, 5.74) is 0.226. The number of amides is 2. The smallest absolute Gasteiger partial charge is 0.271 e. The van der Waals surface area contributed by atoms with E-state index in [2.05, 4.69) is 17.1 Å². The number of nitro benzene ring substituents is 1. The van der Waals surface area contributed by atoms with Gasteiger partial charge in [0.05, 0.1) is 21.7 Å². The molecule has 8 nitrogen and oxygen atoms in total. The van der Waals surface area contributed by atoms with Gasteiger partial charge in [-0.15, -0.1) is 0 Å². The third-order valence-electron chi connectivity index (χ3n) is 6.20. The first-order valence-corrected chi connectivity index (χ1v) is 10.9. The summed E-state index contributed by atoms with van der Waals surface area (Å²) in [6.07, 6.45) is 3.76. The van der Waals surface area contributed by atoms with E-state index in [-0.39, 0.29) is 34.5 Å². The average Bonchev–Trinajstić information content (AvgIpc) is 2.74. The zero-order valence-electron chi connectivity index (χ0n) is 17.5. The Labute approximate surface area is 181 Å². The van der Waals surface area contributed by atoms with Gasteiger partial charge in [0.25, 0.3) is 5.69 Å². The van der Waals surface area contributed by atoms with E-state index in [1.54, 1.807) is 0 Å². The van der Waals surface area contributed by atoms with Crippen LogP contribution in [0.3, 0.4) is 0 Å². The molecular formula is C21H29ClN4O4. The number of nitrogens with zero attached hydrogens (tertiary/aromatic N) is 3. The van der Waals surface area contributed by atoms with Crippen molar-refractivity contribution in [3.63, 3.8) is 0 Å². The summed E-state index contributed by atoms with van der Waals surface area (Å²) in [7, 11) is 0. The fraction of sp³-hybridized carbons (Fsp3) is 0.619. The molecule has 0 spiro atoms. The van der Waals surface area contributed by atoms with E-state index in [4.69, 9.17) is 11.6 Å². The number of anilines is 1. The van der Waals surface area contributed by atoms with Crippen molar-refractivity contribution >= 4 is 34.8 Å². The second-order valence-electron chi connectivity index (χ2n) is 8.43. The predicted molar refractivity (Wildman–Crippen MR) is 115 cm³/mol. The van der Waals surface area contributed by atoms with Crippen LogP contribution < -0.4 is 5.32 Å². The van der Waals surface area contributed by atoms with Crippen LogP contribution in [0.25, 0.3) is 0 Å². The van der Waals surface area contributed by atoms with Crippen LogP contribution in [-0.4, -0.2) is 58.8 Å². The quantitative estimate of drug-likeness (QED) is 0.562. The highest BCUT2D eigenvalue weighted by Crippen LogP contribution is 2.28. The first-order valence-electron chi connectivity index (χ1n) is 10.5. The molecule has 9 heteroatoms. The van der Waals surface area contributed by atoms with Crippen molar-refractivity contribution < 1.29 is 14.5 Å². The van der Waals surface area contributed by atoms with Crippen molar-refractivity contribution in [3.05, 3.63) is 33.3 Å². The van der Waals surface area contributed by atoms with E-state index in [9.17, 15) is 19.7 Å². The number of non-ortho nitro benzene ring substituents is 1. The topological polar surface area (TPSA) is 95.8 Å². The SMILES string of the molecule is CC1CCCN(C(=O)C2CCN(C(C)C(=O)Nc3ccc([N+](=O)[O-])cc3Cl)CC2)C1. The maximum atomic E-state index is 12.8. The number of likely N-dealkylation sites (tertiary alicyclic amines) is 2. The molecule has 1 aromatic rings. The van der Waals surface area contributed by atoms with Gasteiger partial charge in [-0.2, -0.15) is 0 Å². The summed E-state index contributed by atoms with van der Waals surface area (Å²) < 4.78 is 0. The minimum absolute atomic E-state index is 0.0333. The van der Waals surface area contributed by atoms with E-state index in [0.717, 1.165) is 32.4 Å². The number of carbonyl (C=O) groups is 2. The second kappa shape index (κ2) is 9.75. The highest BCUT2D eigenvalue weighted by atomic mass is 35.5. The molecule has 2 heterocycles. The van der Waals surface area contributed by atoms with Gasteiger partial charge in [-0.1, -0.05) is 18.5 Å². The van der Waals surface area contributed by atoms with E-state index in [0.29, 0.717) is 24.7 Å². The number of rotatable bonds is 5. The standard InChI is InChI=1S/C21H29ClN4O4/c1-14-4-3-9-25(13-14)21(28)16-7-10-24(11-8-16)15(2)20(27)23-19-6-5-17(26(29)30)12-18(19)22/h5-6,12,14-16H,3-4,7-11,13H2,1-2H3,(H,23,27). The van der Waals surface area contributed by atoms with Crippen LogP contribution in [0, 0.1) is 22.0 Å². The lowest BCUT2D eigenvalue weighted by Crippen LogP contribution is -2.49. The lowest BCUT2D eigenvalue weighted by molar-refractivity contribution is -0.384. The van der Waals surface area contributed by atoms with Crippen molar-refractivity contribution in [2.45, 2.75) is 45.6 Å². The average molecular weight is 437 g/mol. The van der Waals surface area contributed by atoms with E-state index in [1.165, 1.54) is 24.6 Å². The van der Waals surface area contributed by atoms with Gasteiger partial charge >= 0.3 is 0 Å². The molecule has 0 saturated carbocycles. The molecule has 0 aliphatic carbocycles. The van der Waals surface area contributed by atoms with Gasteiger partial charge in [0.2, 0.25) is 11.8 Å². The molecule has 2 aliphatic rings. The first kappa shape index (κ1) is 22.5. The van der Waals surface area contributed by atoms with Crippen LogP contribution in [0.5, 0.6) is 0 Å². The molecule has 2 fully saturated rings. The number of halogens is 1. The van der Waals surface area contributed by atoms with Gasteiger partial charge in [0.15, 0.2) is 0 Å². The number of carbonyl (C=O) groups excluding carboxylic acids is 2. The zero-order chi connectivity index (χ0) is 21.8. The predicted octanol–water partition coefficient (Wildman–Crippen LogP) is 3.55. The number of benzene rings is 1. The summed E-state index contributed by atoms with van der Waals surface area (Å²) in [6.45, 7) is 7.10. The second-order valence-corrected chi connectivity index (χ2v) is 8.84. The Balaban J connectivity index is 1.52. The number of piperidine rings is 2. The van der Waals surface area contributed by atoms with Crippen LogP contribution in [0.4, 0.5) is 11.4 Å². The van der Waals surface area contributed by atoms with Crippen LogP contribution in [0.1, 0.15) is 39.5 Å². The Hall–Kier alpha value is -2.19. The maximum absolute atomic E-state index is 12.8. The molecule has 1 aromatic carbocycles. The number of nitrogens with one attached hydrogen (secondary N) is 1. The Morgan fingerprint density at radius 2 is 1.93 bits per heavy atom. The molecule has 1 N–H and O–H groups in total. The molecule has 0 bridgehead atoms. The van der Waals surface area contributed by atoms with Crippen molar-refractivity contribution in [2.24, 2.45) is 11.8 Å². The van der Waals surface area contributed by atoms with Crippen LogP contribution in [0.15, 0.2) is 18.2 Å².